The summed E-state index contributed by atoms with van der Waals surface area (Å²) in [6.45, 7) is -0.00719. The SMILES string of the molecule is O=C(Cc1ccc2ccccc2c1)Nc1nc2c(nc1-c1ccc(O)cc1)-c1ccc(CO)cc1CC2. The molecular formula is C31H25N3O3. The first-order valence-corrected chi connectivity index (χ1v) is 12.3. The largest absolute Gasteiger partial charge is 0.508 e. The zero-order chi connectivity index (χ0) is 25.4. The molecule has 37 heavy (non-hydrogen) atoms. The highest BCUT2D eigenvalue weighted by Crippen LogP contribution is 2.36. The molecule has 6 nitrogen and oxygen atoms in total. The normalized spacial score (nSPS) is 12.1. The van der Waals surface area contributed by atoms with Gasteiger partial charge in [-0.25, -0.2) is 9.97 Å². The fourth-order valence-electron chi connectivity index (χ4n) is 4.91. The maximum atomic E-state index is 13.2. The van der Waals surface area contributed by atoms with Crippen LogP contribution in [0.1, 0.15) is 22.4 Å². The van der Waals surface area contributed by atoms with Gasteiger partial charge in [-0.3, -0.25) is 4.79 Å². The van der Waals surface area contributed by atoms with Crippen LogP contribution in [0.4, 0.5) is 5.82 Å². The van der Waals surface area contributed by atoms with Gasteiger partial charge in [-0.05, 0) is 64.6 Å². The Morgan fingerprint density at radius 3 is 2.41 bits per heavy atom. The van der Waals surface area contributed by atoms with Crippen LogP contribution < -0.4 is 5.32 Å². The highest BCUT2D eigenvalue weighted by molar-refractivity contribution is 5.96. The minimum Gasteiger partial charge on any atom is -0.508 e. The van der Waals surface area contributed by atoms with Gasteiger partial charge in [0.05, 0.1) is 24.4 Å². The molecule has 0 atom stereocenters. The predicted molar refractivity (Wildman–Crippen MR) is 144 cm³/mol. The third kappa shape index (κ3) is 4.55. The van der Waals surface area contributed by atoms with Gasteiger partial charge < -0.3 is 15.5 Å². The summed E-state index contributed by atoms with van der Waals surface area (Å²) in [6.07, 6.45) is 1.69. The minimum atomic E-state index is -0.173. The van der Waals surface area contributed by atoms with E-state index >= 15 is 0 Å². The second-order valence-corrected chi connectivity index (χ2v) is 9.32. The first kappa shape index (κ1) is 22.9. The van der Waals surface area contributed by atoms with Crippen molar-refractivity contribution in [1.29, 1.82) is 0 Å². The van der Waals surface area contributed by atoms with Gasteiger partial charge in [-0.2, -0.15) is 0 Å². The van der Waals surface area contributed by atoms with Gasteiger partial charge >= 0.3 is 0 Å². The minimum absolute atomic E-state index is 0.00719. The van der Waals surface area contributed by atoms with Crippen LogP contribution in [0.5, 0.6) is 5.75 Å². The van der Waals surface area contributed by atoms with Crippen LogP contribution in [0.3, 0.4) is 0 Å². The fourth-order valence-corrected chi connectivity index (χ4v) is 4.91. The molecule has 5 aromatic rings. The number of hydrogen-bond acceptors (Lipinski definition) is 5. The molecule has 0 aliphatic heterocycles. The van der Waals surface area contributed by atoms with Crippen molar-refractivity contribution >= 4 is 22.5 Å². The van der Waals surface area contributed by atoms with Crippen molar-refractivity contribution in [3.8, 4) is 28.3 Å². The summed E-state index contributed by atoms with van der Waals surface area (Å²) in [5.41, 5.74) is 6.79. The van der Waals surface area contributed by atoms with Gasteiger partial charge in [-0.15, -0.1) is 0 Å². The van der Waals surface area contributed by atoms with Gasteiger partial charge in [0, 0.05) is 11.1 Å². The molecule has 1 aliphatic carbocycles. The van der Waals surface area contributed by atoms with Crippen LogP contribution in [0.2, 0.25) is 0 Å². The molecule has 4 aromatic carbocycles. The summed E-state index contributed by atoms with van der Waals surface area (Å²) in [5.74, 6) is 0.387. The van der Waals surface area contributed by atoms with Crippen molar-refractivity contribution in [1.82, 2.24) is 9.97 Å². The molecule has 0 radical (unpaired) electrons. The van der Waals surface area contributed by atoms with E-state index in [0.29, 0.717) is 17.9 Å². The van der Waals surface area contributed by atoms with E-state index in [1.165, 1.54) is 0 Å². The Morgan fingerprint density at radius 2 is 1.59 bits per heavy atom. The van der Waals surface area contributed by atoms with Crippen molar-refractivity contribution in [3.63, 3.8) is 0 Å². The second-order valence-electron chi connectivity index (χ2n) is 9.32. The molecular weight excluding hydrogens is 462 g/mol. The van der Waals surface area contributed by atoms with E-state index in [1.54, 1.807) is 24.3 Å². The average molecular weight is 488 g/mol. The number of amides is 1. The number of nitrogens with zero attached hydrogens (tertiary/aromatic N) is 2. The molecule has 6 rings (SSSR count). The van der Waals surface area contributed by atoms with E-state index in [1.807, 2.05) is 54.6 Å². The highest BCUT2D eigenvalue weighted by Gasteiger charge is 2.23. The third-order valence-electron chi connectivity index (χ3n) is 6.78. The first-order valence-electron chi connectivity index (χ1n) is 12.3. The average Bonchev–Trinajstić information content (AvgIpc) is 2.92. The lowest BCUT2D eigenvalue weighted by Crippen LogP contribution is -2.19. The lowest BCUT2D eigenvalue weighted by Gasteiger charge is -2.21. The molecule has 1 heterocycles. The zero-order valence-corrected chi connectivity index (χ0v) is 20.1. The van der Waals surface area contributed by atoms with Crippen molar-refractivity contribution in [2.24, 2.45) is 0 Å². The van der Waals surface area contributed by atoms with Crippen molar-refractivity contribution in [2.45, 2.75) is 25.9 Å². The summed E-state index contributed by atoms with van der Waals surface area (Å²) in [7, 11) is 0. The Hall–Kier alpha value is -4.55. The number of phenols is 1. The van der Waals surface area contributed by atoms with Gasteiger partial charge in [0.15, 0.2) is 5.82 Å². The van der Waals surface area contributed by atoms with E-state index in [0.717, 1.165) is 56.4 Å². The summed E-state index contributed by atoms with van der Waals surface area (Å²) in [6, 6.07) is 26.7. The molecule has 0 saturated carbocycles. The summed E-state index contributed by atoms with van der Waals surface area (Å²) in [5, 5.41) is 24.6. The van der Waals surface area contributed by atoms with Crippen molar-refractivity contribution in [3.05, 3.63) is 107 Å². The quantitative estimate of drug-likeness (QED) is 0.307. The van der Waals surface area contributed by atoms with Crippen LogP contribution in [-0.4, -0.2) is 26.1 Å². The Kier molecular flexibility index (Phi) is 5.87. The second kappa shape index (κ2) is 9.48. The number of benzene rings is 4. The number of fused-ring (bicyclic) bond motifs is 4. The number of carbonyl (C=O) groups is 1. The summed E-state index contributed by atoms with van der Waals surface area (Å²) in [4.78, 5) is 23.0. The molecule has 0 bridgehead atoms. The number of hydrogen-bond donors (Lipinski definition) is 3. The maximum absolute atomic E-state index is 13.2. The maximum Gasteiger partial charge on any atom is 0.230 e. The molecule has 1 amide bonds. The van der Waals surface area contributed by atoms with Crippen LogP contribution in [0, 0.1) is 0 Å². The van der Waals surface area contributed by atoms with Crippen LogP contribution >= 0.6 is 0 Å². The van der Waals surface area contributed by atoms with Crippen LogP contribution in [0.15, 0.2) is 84.9 Å². The number of nitrogens with one attached hydrogen (secondary N) is 1. The Morgan fingerprint density at radius 1 is 0.811 bits per heavy atom. The lowest BCUT2D eigenvalue weighted by atomic mass is 9.90. The third-order valence-corrected chi connectivity index (χ3v) is 6.78. The van der Waals surface area contributed by atoms with E-state index in [-0.39, 0.29) is 24.7 Å². The number of aliphatic hydroxyl groups is 1. The van der Waals surface area contributed by atoms with Gasteiger partial charge in [0.25, 0.3) is 0 Å². The molecule has 1 aromatic heterocycles. The molecule has 0 unspecified atom stereocenters. The number of phenolic OH excluding ortho intramolecular Hbond substituents is 1. The topological polar surface area (TPSA) is 95.3 Å². The molecule has 0 saturated heterocycles. The van der Waals surface area contributed by atoms with E-state index in [4.69, 9.17) is 9.97 Å². The molecule has 6 heteroatoms. The van der Waals surface area contributed by atoms with Gasteiger partial charge in [0.2, 0.25) is 5.91 Å². The van der Waals surface area contributed by atoms with Crippen LogP contribution in [-0.2, 0) is 30.7 Å². The Labute approximate surface area is 214 Å². The zero-order valence-electron chi connectivity index (χ0n) is 20.1. The van der Waals surface area contributed by atoms with Crippen molar-refractivity contribution < 1.29 is 15.0 Å². The van der Waals surface area contributed by atoms with Gasteiger partial charge in [0.1, 0.15) is 11.4 Å². The number of aromatic nitrogens is 2. The van der Waals surface area contributed by atoms with Gasteiger partial charge in [-0.1, -0.05) is 60.7 Å². The molecule has 182 valence electrons. The Bertz CT molecular complexity index is 1640. The van der Waals surface area contributed by atoms with E-state index < -0.39 is 0 Å². The fraction of sp³-hybridized carbons (Fsp3) is 0.129. The number of rotatable bonds is 5. The molecule has 1 aliphatic rings. The number of anilines is 1. The highest BCUT2D eigenvalue weighted by atomic mass is 16.3. The first-order chi connectivity index (χ1) is 18.1. The predicted octanol–water partition coefficient (Wildman–Crippen LogP) is 5.44. The smallest absolute Gasteiger partial charge is 0.230 e. The van der Waals surface area contributed by atoms with E-state index in [2.05, 4.69) is 11.4 Å². The van der Waals surface area contributed by atoms with E-state index in [9.17, 15) is 15.0 Å². The monoisotopic (exact) mass is 487 g/mol. The number of carbonyl (C=O) groups excluding carboxylic acids is 1. The molecule has 3 N–H and O–H groups in total. The molecule has 0 spiro atoms. The standard InChI is InChI=1S/C31H25N3O3/c35-18-20-6-13-26-24(16-20)10-14-27-30(26)34-29(22-8-11-25(36)12-9-22)31(32-27)33-28(37)17-19-5-7-21-3-1-2-4-23(21)15-19/h1-9,11-13,15-16,35-36H,10,14,17-18H2,(H,32,33,37). The summed E-state index contributed by atoms with van der Waals surface area (Å²) >= 11 is 0. The lowest BCUT2D eigenvalue weighted by molar-refractivity contribution is -0.115. The van der Waals surface area contributed by atoms with Crippen molar-refractivity contribution in [2.75, 3.05) is 5.32 Å². The number of aliphatic hydroxyl groups excluding tert-OH is 1. The number of aromatic hydroxyl groups is 1. The van der Waals surface area contributed by atoms with Crippen LogP contribution in [0.25, 0.3) is 33.3 Å². The summed E-state index contributed by atoms with van der Waals surface area (Å²) < 4.78 is 0. The molecule has 0 fully saturated rings. The number of aryl methyl sites for hydroxylation is 2. The Balaban J connectivity index is 1.37.